The quantitative estimate of drug-likeness (QED) is 0.800. The number of nitrogens with zero attached hydrogens (tertiary/aromatic N) is 2. The number of rotatable bonds is 6. The standard InChI is InChI=1S/C15H21FN2O2/c1-4-17(5-2)15(20)11-18(12(3)19)10-13-8-6-7-9-14(13)16/h6-9H,4-5,10-11H2,1-3H3. The molecule has 0 N–H and O–H groups in total. The number of carbonyl (C=O) groups is 2. The van der Waals surface area contributed by atoms with Crippen molar-refractivity contribution in [2.24, 2.45) is 0 Å². The van der Waals surface area contributed by atoms with Crippen LogP contribution in [0.4, 0.5) is 4.39 Å². The highest BCUT2D eigenvalue weighted by Crippen LogP contribution is 2.10. The summed E-state index contributed by atoms with van der Waals surface area (Å²) in [4.78, 5) is 26.7. The second-order valence-corrected chi connectivity index (χ2v) is 4.53. The zero-order valence-corrected chi connectivity index (χ0v) is 12.2. The van der Waals surface area contributed by atoms with Gasteiger partial charge in [-0.05, 0) is 19.9 Å². The van der Waals surface area contributed by atoms with Gasteiger partial charge in [-0.3, -0.25) is 9.59 Å². The molecule has 0 unspecified atom stereocenters. The van der Waals surface area contributed by atoms with Crippen molar-refractivity contribution >= 4 is 11.8 Å². The molecule has 0 saturated carbocycles. The van der Waals surface area contributed by atoms with Crippen LogP contribution in [0.5, 0.6) is 0 Å². The van der Waals surface area contributed by atoms with Gasteiger partial charge in [0.1, 0.15) is 12.4 Å². The summed E-state index contributed by atoms with van der Waals surface area (Å²) in [5.41, 5.74) is 0.412. The van der Waals surface area contributed by atoms with Crippen LogP contribution in [0, 0.1) is 5.82 Å². The van der Waals surface area contributed by atoms with Crippen LogP contribution >= 0.6 is 0 Å². The Morgan fingerprint density at radius 3 is 2.20 bits per heavy atom. The van der Waals surface area contributed by atoms with Crippen molar-refractivity contribution in [1.29, 1.82) is 0 Å². The van der Waals surface area contributed by atoms with Crippen molar-refractivity contribution in [3.8, 4) is 0 Å². The SMILES string of the molecule is CCN(CC)C(=O)CN(Cc1ccccc1F)C(C)=O. The van der Waals surface area contributed by atoms with Crippen LogP contribution < -0.4 is 0 Å². The summed E-state index contributed by atoms with van der Waals surface area (Å²) in [6.07, 6.45) is 0. The van der Waals surface area contributed by atoms with E-state index in [2.05, 4.69) is 0 Å². The molecule has 4 nitrogen and oxygen atoms in total. The topological polar surface area (TPSA) is 40.6 Å². The highest BCUT2D eigenvalue weighted by molar-refractivity contribution is 5.83. The van der Waals surface area contributed by atoms with Gasteiger partial charge in [0.25, 0.3) is 0 Å². The minimum Gasteiger partial charge on any atom is -0.342 e. The lowest BCUT2D eigenvalue weighted by Gasteiger charge is -2.25. The lowest BCUT2D eigenvalue weighted by molar-refractivity contribution is -0.139. The number of benzene rings is 1. The maximum atomic E-state index is 13.6. The summed E-state index contributed by atoms with van der Waals surface area (Å²) in [7, 11) is 0. The molecule has 1 aromatic carbocycles. The Labute approximate surface area is 119 Å². The maximum absolute atomic E-state index is 13.6. The van der Waals surface area contributed by atoms with Crippen molar-refractivity contribution in [2.45, 2.75) is 27.3 Å². The van der Waals surface area contributed by atoms with Crippen molar-refractivity contribution in [1.82, 2.24) is 9.80 Å². The molecule has 0 aliphatic rings. The van der Waals surface area contributed by atoms with Gasteiger partial charge in [-0.1, -0.05) is 18.2 Å². The Morgan fingerprint density at radius 1 is 1.10 bits per heavy atom. The van der Waals surface area contributed by atoms with E-state index in [9.17, 15) is 14.0 Å². The molecule has 0 heterocycles. The van der Waals surface area contributed by atoms with Gasteiger partial charge in [0.2, 0.25) is 11.8 Å². The molecule has 0 aliphatic carbocycles. The van der Waals surface area contributed by atoms with Crippen LogP contribution in [-0.4, -0.2) is 41.2 Å². The first-order valence-electron chi connectivity index (χ1n) is 6.76. The molecule has 1 rings (SSSR count). The van der Waals surface area contributed by atoms with Gasteiger partial charge in [0, 0.05) is 32.1 Å². The number of halogens is 1. The van der Waals surface area contributed by atoms with Crippen molar-refractivity contribution in [3.63, 3.8) is 0 Å². The fraction of sp³-hybridized carbons (Fsp3) is 0.467. The zero-order valence-electron chi connectivity index (χ0n) is 12.2. The van der Waals surface area contributed by atoms with Crippen LogP contribution in [0.1, 0.15) is 26.3 Å². The predicted molar refractivity (Wildman–Crippen MR) is 75.4 cm³/mol. The maximum Gasteiger partial charge on any atom is 0.242 e. The number of likely N-dealkylation sites (N-methyl/N-ethyl adjacent to an activating group) is 1. The van der Waals surface area contributed by atoms with Crippen LogP contribution in [0.3, 0.4) is 0 Å². The minimum atomic E-state index is -0.367. The number of hydrogen-bond donors (Lipinski definition) is 0. The van der Waals surface area contributed by atoms with Gasteiger partial charge in [-0.25, -0.2) is 4.39 Å². The van der Waals surface area contributed by atoms with E-state index in [0.717, 1.165) is 0 Å². The Balaban J connectivity index is 2.78. The summed E-state index contributed by atoms with van der Waals surface area (Å²) in [6, 6.07) is 6.27. The summed E-state index contributed by atoms with van der Waals surface area (Å²) in [5, 5.41) is 0. The largest absolute Gasteiger partial charge is 0.342 e. The Hall–Kier alpha value is -1.91. The van der Waals surface area contributed by atoms with Crippen LogP contribution in [0.2, 0.25) is 0 Å². The van der Waals surface area contributed by atoms with Gasteiger partial charge in [-0.2, -0.15) is 0 Å². The monoisotopic (exact) mass is 280 g/mol. The van der Waals surface area contributed by atoms with Crippen LogP contribution in [-0.2, 0) is 16.1 Å². The number of hydrogen-bond acceptors (Lipinski definition) is 2. The molecule has 0 saturated heterocycles. The summed E-state index contributed by atoms with van der Waals surface area (Å²) in [6.45, 7) is 6.44. The van der Waals surface area contributed by atoms with Crippen molar-refractivity contribution in [3.05, 3.63) is 35.6 Å². The lowest BCUT2D eigenvalue weighted by atomic mass is 10.2. The van der Waals surface area contributed by atoms with Crippen LogP contribution in [0.25, 0.3) is 0 Å². The molecule has 0 radical (unpaired) electrons. The Bertz CT molecular complexity index is 473. The average molecular weight is 280 g/mol. The molecule has 110 valence electrons. The van der Waals surface area contributed by atoms with E-state index in [4.69, 9.17) is 0 Å². The van der Waals surface area contributed by atoms with E-state index in [1.165, 1.54) is 17.9 Å². The molecule has 0 bridgehead atoms. The van der Waals surface area contributed by atoms with Crippen molar-refractivity contribution in [2.75, 3.05) is 19.6 Å². The number of carbonyl (C=O) groups excluding carboxylic acids is 2. The molecule has 0 atom stereocenters. The first-order valence-corrected chi connectivity index (χ1v) is 6.76. The normalized spacial score (nSPS) is 10.2. The fourth-order valence-corrected chi connectivity index (χ4v) is 1.95. The molecule has 1 aromatic rings. The third-order valence-corrected chi connectivity index (χ3v) is 3.21. The third-order valence-electron chi connectivity index (χ3n) is 3.21. The first kappa shape index (κ1) is 16.1. The molecule has 5 heteroatoms. The van der Waals surface area contributed by atoms with Crippen LogP contribution in [0.15, 0.2) is 24.3 Å². The molecule has 0 spiro atoms. The molecule has 0 aromatic heterocycles. The van der Waals surface area contributed by atoms with Gasteiger partial charge in [0.05, 0.1) is 0 Å². The first-order chi connectivity index (χ1) is 9.49. The van der Waals surface area contributed by atoms with E-state index in [0.29, 0.717) is 18.7 Å². The van der Waals surface area contributed by atoms with E-state index < -0.39 is 0 Å². The van der Waals surface area contributed by atoms with E-state index in [-0.39, 0.29) is 30.7 Å². The average Bonchev–Trinajstić information content (AvgIpc) is 2.41. The van der Waals surface area contributed by atoms with E-state index in [1.54, 1.807) is 23.1 Å². The molecule has 0 aliphatic heterocycles. The summed E-state index contributed by atoms with van der Waals surface area (Å²) >= 11 is 0. The highest BCUT2D eigenvalue weighted by atomic mass is 19.1. The molecule has 20 heavy (non-hydrogen) atoms. The van der Waals surface area contributed by atoms with Gasteiger partial charge >= 0.3 is 0 Å². The predicted octanol–water partition coefficient (Wildman–Crippen LogP) is 2.04. The number of amides is 2. The minimum absolute atomic E-state index is 0.0225. The Morgan fingerprint density at radius 2 is 1.70 bits per heavy atom. The summed E-state index contributed by atoms with van der Waals surface area (Å²) < 4.78 is 13.6. The zero-order chi connectivity index (χ0) is 15.1. The third kappa shape index (κ3) is 4.33. The molecular formula is C15H21FN2O2. The second-order valence-electron chi connectivity index (χ2n) is 4.53. The summed E-state index contributed by atoms with van der Waals surface area (Å²) in [5.74, 6) is -0.732. The van der Waals surface area contributed by atoms with E-state index >= 15 is 0 Å². The molecule has 2 amide bonds. The second kappa shape index (κ2) is 7.62. The molecular weight excluding hydrogens is 259 g/mol. The smallest absolute Gasteiger partial charge is 0.242 e. The molecule has 0 fully saturated rings. The Kier molecular flexibility index (Phi) is 6.15. The van der Waals surface area contributed by atoms with Gasteiger partial charge in [0.15, 0.2) is 0 Å². The lowest BCUT2D eigenvalue weighted by Crippen LogP contribution is -2.41. The van der Waals surface area contributed by atoms with Gasteiger partial charge < -0.3 is 9.80 Å². The van der Waals surface area contributed by atoms with Gasteiger partial charge in [-0.15, -0.1) is 0 Å². The van der Waals surface area contributed by atoms with E-state index in [1.807, 2.05) is 13.8 Å². The fourth-order valence-electron chi connectivity index (χ4n) is 1.95. The highest BCUT2D eigenvalue weighted by Gasteiger charge is 2.18. The van der Waals surface area contributed by atoms with Crippen molar-refractivity contribution < 1.29 is 14.0 Å².